The van der Waals surface area contributed by atoms with Gasteiger partial charge < -0.3 is 10.5 Å². The lowest BCUT2D eigenvalue weighted by molar-refractivity contribution is 0.416. The van der Waals surface area contributed by atoms with Crippen LogP contribution in [-0.2, 0) is 6.54 Å². The topological polar surface area (TPSA) is 59.0 Å². The Balaban J connectivity index is 2.52. The van der Waals surface area contributed by atoms with Gasteiger partial charge in [0.05, 0.1) is 18.7 Å². The Morgan fingerprint density at radius 1 is 1.41 bits per heavy atom. The van der Waals surface area contributed by atoms with Crippen LogP contribution in [0.1, 0.15) is 10.4 Å². The third-order valence-corrected chi connectivity index (χ3v) is 3.45. The van der Waals surface area contributed by atoms with Crippen molar-refractivity contribution in [1.29, 1.82) is 5.26 Å². The highest BCUT2D eigenvalue weighted by molar-refractivity contribution is 7.10. The van der Waals surface area contributed by atoms with Crippen molar-refractivity contribution < 1.29 is 4.74 Å². The SMILES string of the molecule is COc1ccc(C#N)cc1-c1csc(CN)c1. The Bertz CT molecular complexity index is 569. The summed E-state index contributed by atoms with van der Waals surface area (Å²) in [6, 6.07) is 9.56. The fourth-order valence-corrected chi connectivity index (χ4v) is 2.40. The van der Waals surface area contributed by atoms with Crippen molar-refractivity contribution >= 4 is 11.3 Å². The summed E-state index contributed by atoms with van der Waals surface area (Å²) >= 11 is 1.61. The maximum absolute atomic E-state index is 8.92. The van der Waals surface area contributed by atoms with Crippen molar-refractivity contribution in [3.8, 4) is 22.9 Å². The number of hydrogen-bond donors (Lipinski definition) is 1. The lowest BCUT2D eigenvalue weighted by Gasteiger charge is -2.06. The molecule has 0 aliphatic rings. The summed E-state index contributed by atoms with van der Waals surface area (Å²) in [6.45, 7) is 0.533. The van der Waals surface area contributed by atoms with Gasteiger partial charge in [-0.15, -0.1) is 11.3 Å². The second-order valence-electron chi connectivity index (χ2n) is 3.53. The van der Waals surface area contributed by atoms with Gasteiger partial charge >= 0.3 is 0 Å². The average molecular weight is 244 g/mol. The Labute approximate surface area is 104 Å². The first-order valence-electron chi connectivity index (χ1n) is 5.14. The van der Waals surface area contributed by atoms with Crippen molar-refractivity contribution in [2.24, 2.45) is 5.73 Å². The summed E-state index contributed by atoms with van der Waals surface area (Å²) in [4.78, 5) is 1.12. The molecule has 3 nitrogen and oxygen atoms in total. The summed E-state index contributed by atoms with van der Waals surface area (Å²) in [6.07, 6.45) is 0. The largest absolute Gasteiger partial charge is 0.496 e. The van der Waals surface area contributed by atoms with Crippen LogP contribution in [0.5, 0.6) is 5.75 Å². The molecule has 0 amide bonds. The van der Waals surface area contributed by atoms with Gasteiger partial charge in [-0.1, -0.05) is 0 Å². The molecule has 2 aromatic rings. The minimum atomic E-state index is 0.533. The van der Waals surface area contributed by atoms with E-state index >= 15 is 0 Å². The van der Waals surface area contributed by atoms with Gasteiger partial charge in [0.1, 0.15) is 5.75 Å². The number of nitriles is 1. The zero-order valence-corrected chi connectivity index (χ0v) is 10.3. The maximum Gasteiger partial charge on any atom is 0.126 e. The third kappa shape index (κ3) is 2.31. The highest BCUT2D eigenvalue weighted by Gasteiger charge is 2.09. The van der Waals surface area contributed by atoms with Gasteiger partial charge in [-0.3, -0.25) is 0 Å². The van der Waals surface area contributed by atoms with E-state index in [0.717, 1.165) is 21.8 Å². The van der Waals surface area contributed by atoms with Crippen molar-refractivity contribution in [3.05, 3.63) is 40.1 Å². The molecule has 0 saturated heterocycles. The molecule has 0 fully saturated rings. The molecule has 0 unspecified atom stereocenters. The molecule has 1 aromatic carbocycles. The monoisotopic (exact) mass is 244 g/mol. The molecule has 0 saturated carbocycles. The highest BCUT2D eigenvalue weighted by atomic mass is 32.1. The van der Waals surface area contributed by atoms with Crippen LogP contribution in [0.2, 0.25) is 0 Å². The van der Waals surface area contributed by atoms with Crippen molar-refractivity contribution in [2.75, 3.05) is 7.11 Å². The number of thiophene rings is 1. The quantitative estimate of drug-likeness (QED) is 0.903. The second kappa shape index (κ2) is 5.00. The molecular formula is C13H12N2OS. The molecule has 0 spiro atoms. The second-order valence-corrected chi connectivity index (χ2v) is 4.53. The number of nitrogens with two attached hydrogens (primary N) is 1. The van der Waals surface area contributed by atoms with E-state index in [1.807, 2.05) is 23.6 Å². The Morgan fingerprint density at radius 2 is 2.24 bits per heavy atom. The molecule has 0 aliphatic carbocycles. The van der Waals surface area contributed by atoms with Crippen LogP contribution in [0.25, 0.3) is 11.1 Å². The molecule has 1 heterocycles. The summed E-state index contributed by atoms with van der Waals surface area (Å²) in [7, 11) is 1.63. The van der Waals surface area contributed by atoms with Crippen LogP contribution in [-0.4, -0.2) is 7.11 Å². The first-order valence-corrected chi connectivity index (χ1v) is 6.02. The number of methoxy groups -OCH3 is 1. The van der Waals surface area contributed by atoms with E-state index in [0.29, 0.717) is 12.1 Å². The Hall–Kier alpha value is -1.83. The molecule has 0 aliphatic heterocycles. The van der Waals surface area contributed by atoms with E-state index in [1.54, 1.807) is 24.5 Å². The fraction of sp³-hybridized carbons (Fsp3) is 0.154. The lowest BCUT2D eigenvalue weighted by Crippen LogP contribution is -1.92. The molecule has 0 atom stereocenters. The van der Waals surface area contributed by atoms with Crippen LogP contribution in [0.4, 0.5) is 0 Å². The molecule has 0 radical (unpaired) electrons. The van der Waals surface area contributed by atoms with Gasteiger partial charge in [-0.25, -0.2) is 0 Å². The molecule has 4 heteroatoms. The van der Waals surface area contributed by atoms with E-state index in [2.05, 4.69) is 6.07 Å². The van der Waals surface area contributed by atoms with Crippen LogP contribution in [0.3, 0.4) is 0 Å². The lowest BCUT2D eigenvalue weighted by atomic mass is 10.0. The zero-order chi connectivity index (χ0) is 12.3. The Kier molecular flexibility index (Phi) is 3.43. The van der Waals surface area contributed by atoms with E-state index in [9.17, 15) is 0 Å². The minimum Gasteiger partial charge on any atom is -0.496 e. The van der Waals surface area contributed by atoms with Crippen LogP contribution >= 0.6 is 11.3 Å². The number of ether oxygens (including phenoxy) is 1. The summed E-state index contributed by atoms with van der Waals surface area (Å²) in [5.74, 6) is 0.769. The predicted octanol–water partition coefficient (Wildman–Crippen LogP) is 2.75. The van der Waals surface area contributed by atoms with Gasteiger partial charge in [0.25, 0.3) is 0 Å². The van der Waals surface area contributed by atoms with Crippen molar-refractivity contribution in [3.63, 3.8) is 0 Å². The summed E-state index contributed by atoms with van der Waals surface area (Å²) in [5.41, 5.74) is 8.20. The number of rotatable bonds is 3. The molecule has 1 aromatic heterocycles. The normalized spacial score (nSPS) is 9.94. The smallest absolute Gasteiger partial charge is 0.126 e. The van der Waals surface area contributed by atoms with E-state index in [4.69, 9.17) is 15.7 Å². The van der Waals surface area contributed by atoms with Gasteiger partial charge in [0.2, 0.25) is 0 Å². The molecule has 17 heavy (non-hydrogen) atoms. The number of benzene rings is 1. The van der Waals surface area contributed by atoms with Gasteiger partial charge in [0, 0.05) is 17.0 Å². The van der Waals surface area contributed by atoms with E-state index < -0.39 is 0 Å². The first kappa shape index (κ1) is 11.6. The van der Waals surface area contributed by atoms with Crippen LogP contribution < -0.4 is 10.5 Å². The number of hydrogen-bond acceptors (Lipinski definition) is 4. The predicted molar refractivity (Wildman–Crippen MR) is 68.9 cm³/mol. The highest BCUT2D eigenvalue weighted by Crippen LogP contribution is 2.33. The number of nitrogens with zero attached hydrogens (tertiary/aromatic N) is 1. The summed E-state index contributed by atoms with van der Waals surface area (Å²) in [5, 5.41) is 10.9. The van der Waals surface area contributed by atoms with E-state index in [-0.39, 0.29) is 0 Å². The Morgan fingerprint density at radius 3 is 2.82 bits per heavy atom. The van der Waals surface area contributed by atoms with Gasteiger partial charge in [-0.05, 0) is 35.2 Å². The molecule has 2 N–H and O–H groups in total. The van der Waals surface area contributed by atoms with Crippen molar-refractivity contribution in [1.82, 2.24) is 0 Å². The third-order valence-electron chi connectivity index (χ3n) is 2.49. The van der Waals surface area contributed by atoms with Gasteiger partial charge in [-0.2, -0.15) is 5.26 Å². The van der Waals surface area contributed by atoms with E-state index in [1.165, 1.54) is 0 Å². The fourth-order valence-electron chi connectivity index (χ4n) is 1.63. The minimum absolute atomic E-state index is 0.533. The first-order chi connectivity index (χ1) is 8.28. The van der Waals surface area contributed by atoms with Crippen LogP contribution in [0.15, 0.2) is 29.6 Å². The van der Waals surface area contributed by atoms with Crippen molar-refractivity contribution in [2.45, 2.75) is 6.54 Å². The maximum atomic E-state index is 8.92. The molecular weight excluding hydrogens is 232 g/mol. The average Bonchev–Trinajstić information content (AvgIpc) is 2.86. The molecule has 0 bridgehead atoms. The molecule has 2 rings (SSSR count). The van der Waals surface area contributed by atoms with Crippen LogP contribution in [0, 0.1) is 11.3 Å². The molecule has 86 valence electrons. The summed E-state index contributed by atoms with van der Waals surface area (Å²) < 4.78 is 5.31. The zero-order valence-electron chi connectivity index (χ0n) is 9.43. The van der Waals surface area contributed by atoms with Gasteiger partial charge in [0.15, 0.2) is 0 Å². The standard InChI is InChI=1S/C13H12N2OS/c1-16-13-3-2-9(6-14)4-12(13)10-5-11(7-15)17-8-10/h2-5,8H,7,15H2,1H3.